The van der Waals surface area contributed by atoms with Crippen molar-refractivity contribution < 1.29 is 4.42 Å². The number of nitrogens with zero attached hydrogens (tertiary/aromatic N) is 2. The Morgan fingerprint density at radius 2 is 2.31 bits per heavy atom. The Balaban J connectivity index is 2.24. The summed E-state index contributed by atoms with van der Waals surface area (Å²) in [6, 6.07) is 3.96. The first-order chi connectivity index (χ1) is 7.85. The van der Waals surface area contributed by atoms with Crippen LogP contribution in [0.4, 0.5) is 0 Å². The van der Waals surface area contributed by atoms with Gasteiger partial charge in [-0.25, -0.2) is 4.98 Å². The molecule has 86 valence electrons. The van der Waals surface area contributed by atoms with E-state index in [1.807, 2.05) is 31.6 Å². The summed E-state index contributed by atoms with van der Waals surface area (Å²) in [5, 5.41) is 3.06. The molecule has 4 nitrogen and oxygen atoms in total. The molecular formula is C12H17N3O. The van der Waals surface area contributed by atoms with Gasteiger partial charge in [0.05, 0.1) is 6.54 Å². The van der Waals surface area contributed by atoms with Gasteiger partial charge in [-0.1, -0.05) is 6.92 Å². The minimum Gasteiger partial charge on any atom is -0.456 e. The zero-order valence-electron chi connectivity index (χ0n) is 9.73. The maximum atomic E-state index is 5.71. The van der Waals surface area contributed by atoms with Gasteiger partial charge < -0.3 is 14.3 Å². The summed E-state index contributed by atoms with van der Waals surface area (Å²) in [5.41, 5.74) is 0. The molecule has 2 heterocycles. The Kier molecular flexibility index (Phi) is 3.41. The second kappa shape index (κ2) is 4.99. The van der Waals surface area contributed by atoms with Crippen LogP contribution in [0.15, 0.2) is 28.9 Å². The summed E-state index contributed by atoms with van der Waals surface area (Å²) in [4.78, 5) is 4.33. The highest BCUT2D eigenvalue weighted by atomic mass is 16.3. The first-order valence-electron chi connectivity index (χ1n) is 5.60. The van der Waals surface area contributed by atoms with E-state index in [4.69, 9.17) is 4.42 Å². The van der Waals surface area contributed by atoms with Crippen LogP contribution in [-0.2, 0) is 13.1 Å². The second-order valence-corrected chi connectivity index (χ2v) is 3.74. The topological polar surface area (TPSA) is 43.0 Å². The highest BCUT2D eigenvalue weighted by molar-refractivity contribution is 5.47. The molecule has 0 radical (unpaired) electrons. The van der Waals surface area contributed by atoms with Crippen molar-refractivity contribution in [1.29, 1.82) is 0 Å². The van der Waals surface area contributed by atoms with Gasteiger partial charge in [0, 0.05) is 18.9 Å². The van der Waals surface area contributed by atoms with Crippen molar-refractivity contribution in [2.24, 2.45) is 0 Å². The zero-order valence-corrected chi connectivity index (χ0v) is 9.73. The molecule has 2 rings (SSSR count). The lowest BCUT2D eigenvalue weighted by atomic mass is 10.4. The Hall–Kier alpha value is -1.55. The van der Waals surface area contributed by atoms with Crippen molar-refractivity contribution in [1.82, 2.24) is 14.9 Å². The lowest BCUT2D eigenvalue weighted by molar-refractivity contribution is 0.500. The lowest BCUT2D eigenvalue weighted by Crippen LogP contribution is -2.03. The zero-order chi connectivity index (χ0) is 11.4. The Morgan fingerprint density at radius 1 is 1.44 bits per heavy atom. The van der Waals surface area contributed by atoms with E-state index in [-0.39, 0.29) is 0 Å². The van der Waals surface area contributed by atoms with Crippen LogP contribution in [0.2, 0.25) is 0 Å². The molecule has 0 unspecified atom stereocenters. The largest absolute Gasteiger partial charge is 0.456 e. The molecule has 4 heteroatoms. The molecule has 1 N–H and O–H groups in total. The minimum atomic E-state index is 0.745. The van der Waals surface area contributed by atoms with Crippen molar-refractivity contribution in [3.8, 4) is 11.6 Å². The van der Waals surface area contributed by atoms with Crippen LogP contribution < -0.4 is 5.32 Å². The Morgan fingerprint density at radius 3 is 3.06 bits per heavy atom. The molecule has 16 heavy (non-hydrogen) atoms. The molecule has 0 atom stereocenters. The normalized spacial score (nSPS) is 10.9. The molecule has 0 aliphatic rings. The van der Waals surface area contributed by atoms with E-state index in [9.17, 15) is 0 Å². The molecule has 2 aromatic heterocycles. The molecule has 0 aliphatic heterocycles. The first kappa shape index (κ1) is 11.0. The quantitative estimate of drug-likeness (QED) is 0.838. The third-order valence-corrected chi connectivity index (χ3v) is 2.41. The average Bonchev–Trinajstić information content (AvgIpc) is 2.87. The van der Waals surface area contributed by atoms with Gasteiger partial charge in [0.1, 0.15) is 5.76 Å². The smallest absolute Gasteiger partial charge is 0.176 e. The number of furan rings is 1. The average molecular weight is 219 g/mol. The van der Waals surface area contributed by atoms with E-state index >= 15 is 0 Å². The predicted octanol–water partition coefficient (Wildman–Crippen LogP) is 2.27. The van der Waals surface area contributed by atoms with Crippen LogP contribution in [0.25, 0.3) is 11.6 Å². The lowest BCUT2D eigenvalue weighted by Gasteiger charge is -2.03. The number of hydrogen-bond acceptors (Lipinski definition) is 3. The number of imidazole rings is 1. The van der Waals surface area contributed by atoms with E-state index in [0.29, 0.717) is 0 Å². The summed E-state index contributed by atoms with van der Waals surface area (Å²) in [7, 11) is 1.90. The first-order valence-corrected chi connectivity index (χ1v) is 5.60. The summed E-state index contributed by atoms with van der Waals surface area (Å²) >= 11 is 0. The molecule has 0 fully saturated rings. The second-order valence-electron chi connectivity index (χ2n) is 3.74. The summed E-state index contributed by atoms with van der Waals surface area (Å²) in [6.07, 6.45) is 4.89. The monoisotopic (exact) mass is 219 g/mol. The van der Waals surface area contributed by atoms with Crippen molar-refractivity contribution in [3.63, 3.8) is 0 Å². The molecule has 0 spiro atoms. The summed E-state index contributed by atoms with van der Waals surface area (Å²) < 4.78 is 7.82. The van der Waals surface area contributed by atoms with Gasteiger partial charge in [-0.15, -0.1) is 0 Å². The van der Waals surface area contributed by atoms with Crippen LogP contribution >= 0.6 is 0 Å². The fourth-order valence-electron chi connectivity index (χ4n) is 1.72. The van der Waals surface area contributed by atoms with E-state index in [2.05, 4.69) is 21.8 Å². The summed E-state index contributed by atoms with van der Waals surface area (Å²) in [6.45, 7) is 3.87. The number of aryl methyl sites for hydroxylation is 1. The van der Waals surface area contributed by atoms with Crippen molar-refractivity contribution >= 4 is 0 Å². The van der Waals surface area contributed by atoms with E-state index in [0.717, 1.165) is 36.9 Å². The van der Waals surface area contributed by atoms with E-state index in [1.165, 1.54) is 0 Å². The van der Waals surface area contributed by atoms with Gasteiger partial charge in [0.2, 0.25) is 0 Å². The highest BCUT2D eigenvalue weighted by Gasteiger charge is 2.09. The van der Waals surface area contributed by atoms with Crippen LogP contribution in [0.3, 0.4) is 0 Å². The van der Waals surface area contributed by atoms with Crippen molar-refractivity contribution in [2.75, 3.05) is 7.05 Å². The fraction of sp³-hybridized carbons (Fsp3) is 0.417. The van der Waals surface area contributed by atoms with E-state index in [1.54, 1.807) is 0 Å². The van der Waals surface area contributed by atoms with Crippen LogP contribution in [0, 0.1) is 0 Å². The number of aromatic nitrogens is 2. The predicted molar refractivity (Wildman–Crippen MR) is 63.0 cm³/mol. The molecular weight excluding hydrogens is 202 g/mol. The number of hydrogen-bond donors (Lipinski definition) is 1. The highest BCUT2D eigenvalue weighted by Crippen LogP contribution is 2.20. The van der Waals surface area contributed by atoms with Crippen LogP contribution in [0.1, 0.15) is 19.1 Å². The maximum Gasteiger partial charge on any atom is 0.176 e. The fourth-order valence-corrected chi connectivity index (χ4v) is 1.72. The van der Waals surface area contributed by atoms with Gasteiger partial charge in [0.15, 0.2) is 11.6 Å². The van der Waals surface area contributed by atoms with Crippen LogP contribution in [-0.4, -0.2) is 16.6 Å². The molecule has 2 aromatic rings. The summed E-state index contributed by atoms with van der Waals surface area (Å²) in [5.74, 6) is 2.68. The van der Waals surface area contributed by atoms with Gasteiger partial charge in [0.25, 0.3) is 0 Å². The SMILES string of the molecule is CCCn1ccnc1-c1ccc(CNC)o1. The Labute approximate surface area is 95.3 Å². The third kappa shape index (κ3) is 2.17. The molecule has 0 aliphatic carbocycles. The van der Waals surface area contributed by atoms with Gasteiger partial charge >= 0.3 is 0 Å². The van der Waals surface area contributed by atoms with Gasteiger partial charge in [-0.2, -0.15) is 0 Å². The minimum absolute atomic E-state index is 0.745. The van der Waals surface area contributed by atoms with Crippen molar-refractivity contribution in [3.05, 3.63) is 30.3 Å². The molecule has 0 amide bonds. The molecule has 0 aromatic carbocycles. The Bertz CT molecular complexity index is 445. The molecule has 0 saturated carbocycles. The van der Waals surface area contributed by atoms with Crippen molar-refractivity contribution in [2.45, 2.75) is 26.4 Å². The molecule has 0 bridgehead atoms. The molecule has 0 saturated heterocycles. The van der Waals surface area contributed by atoms with Gasteiger partial charge in [-0.05, 0) is 25.6 Å². The maximum absolute atomic E-state index is 5.71. The number of nitrogens with one attached hydrogen (secondary N) is 1. The third-order valence-electron chi connectivity index (χ3n) is 2.41. The standard InChI is InChI=1S/C12H17N3O/c1-3-7-15-8-6-14-12(15)11-5-4-10(16-11)9-13-2/h4-6,8,13H,3,7,9H2,1-2H3. The van der Waals surface area contributed by atoms with Crippen LogP contribution in [0.5, 0.6) is 0 Å². The van der Waals surface area contributed by atoms with E-state index < -0.39 is 0 Å². The van der Waals surface area contributed by atoms with Gasteiger partial charge in [-0.3, -0.25) is 0 Å². The number of rotatable bonds is 5.